The van der Waals surface area contributed by atoms with E-state index in [1.54, 1.807) is 12.3 Å². The summed E-state index contributed by atoms with van der Waals surface area (Å²) in [6, 6.07) is 11.2. The van der Waals surface area contributed by atoms with Crippen molar-refractivity contribution >= 4 is 35.0 Å². The van der Waals surface area contributed by atoms with Crippen LogP contribution in [0.5, 0.6) is 0 Å². The van der Waals surface area contributed by atoms with Crippen LogP contribution in [0, 0.1) is 5.82 Å². The third-order valence-electron chi connectivity index (χ3n) is 5.53. The molecule has 3 aromatic rings. The fourth-order valence-electron chi connectivity index (χ4n) is 3.76. The third-order valence-corrected chi connectivity index (χ3v) is 5.70. The number of anilines is 4. The van der Waals surface area contributed by atoms with Crippen LogP contribution in [0.1, 0.15) is 33.3 Å². The summed E-state index contributed by atoms with van der Waals surface area (Å²) >= 11 is 6.21. The van der Waals surface area contributed by atoms with Crippen LogP contribution in [0.15, 0.2) is 42.6 Å². The Morgan fingerprint density at radius 1 is 1.06 bits per heavy atom. The zero-order chi connectivity index (χ0) is 22.9. The summed E-state index contributed by atoms with van der Waals surface area (Å²) in [4.78, 5) is 21.3. The molecule has 1 aliphatic rings. The van der Waals surface area contributed by atoms with Gasteiger partial charge in [-0.15, -0.1) is 0 Å². The van der Waals surface area contributed by atoms with Crippen molar-refractivity contribution in [1.82, 2.24) is 19.9 Å². The van der Waals surface area contributed by atoms with Gasteiger partial charge in [0.25, 0.3) is 0 Å². The lowest BCUT2D eigenvalue weighted by atomic mass is 9.87. The summed E-state index contributed by atoms with van der Waals surface area (Å²) in [5.74, 6) is 0.926. The Morgan fingerprint density at radius 2 is 1.81 bits per heavy atom. The van der Waals surface area contributed by atoms with Crippen molar-refractivity contribution in [2.75, 3.05) is 34.8 Å². The van der Waals surface area contributed by atoms with E-state index in [4.69, 9.17) is 11.6 Å². The fourth-order valence-corrected chi connectivity index (χ4v) is 3.92. The molecule has 1 saturated heterocycles. The highest BCUT2D eigenvalue weighted by Gasteiger charge is 2.28. The Balaban J connectivity index is 1.50. The summed E-state index contributed by atoms with van der Waals surface area (Å²) in [5, 5.41) is 3.34. The maximum atomic E-state index is 14.1. The summed E-state index contributed by atoms with van der Waals surface area (Å²) < 4.78 is 14.1. The largest absolute Gasteiger partial charge is 0.350 e. The number of benzene rings is 1. The quantitative estimate of drug-likeness (QED) is 0.605. The molecule has 1 atom stereocenters. The van der Waals surface area contributed by atoms with Crippen LogP contribution in [0.3, 0.4) is 0 Å². The molecule has 1 fully saturated rings. The molecule has 1 N–H and O–H groups in total. The molecular formula is C23H27ClFN7. The van der Waals surface area contributed by atoms with Gasteiger partial charge < -0.3 is 15.1 Å². The summed E-state index contributed by atoms with van der Waals surface area (Å²) in [6.07, 6.45) is 1.60. The first-order valence-electron chi connectivity index (χ1n) is 10.6. The highest BCUT2D eigenvalue weighted by atomic mass is 35.5. The number of pyridine rings is 1. The van der Waals surface area contributed by atoms with Crippen LogP contribution in [0.25, 0.3) is 0 Å². The molecule has 168 valence electrons. The molecule has 1 aromatic carbocycles. The molecule has 0 aliphatic carbocycles. The van der Waals surface area contributed by atoms with Gasteiger partial charge in [0.15, 0.2) is 11.6 Å². The molecule has 0 radical (unpaired) electrons. The van der Waals surface area contributed by atoms with Gasteiger partial charge in [-0.2, -0.15) is 15.0 Å². The molecule has 0 bridgehead atoms. The molecule has 9 heteroatoms. The molecule has 2 aromatic heterocycles. The molecule has 4 rings (SSSR count). The van der Waals surface area contributed by atoms with E-state index in [0.717, 1.165) is 5.69 Å². The highest BCUT2D eigenvalue weighted by Crippen LogP contribution is 2.26. The lowest BCUT2D eigenvalue weighted by Crippen LogP contribution is -2.53. The molecule has 32 heavy (non-hydrogen) atoms. The van der Waals surface area contributed by atoms with E-state index >= 15 is 0 Å². The molecule has 7 nitrogen and oxygen atoms in total. The third kappa shape index (κ3) is 4.91. The number of nitrogens with zero attached hydrogens (tertiary/aromatic N) is 6. The van der Waals surface area contributed by atoms with E-state index in [0.29, 0.717) is 37.3 Å². The summed E-state index contributed by atoms with van der Waals surface area (Å²) in [6.45, 7) is 10.4. The molecular weight excluding hydrogens is 429 g/mol. The SMILES string of the molecule is C[C@@H]1CN(c2ncccc2F)CCN1c1nc(Cl)nc(Nc2ccc(C(C)(C)C)cc2)n1. The Kier molecular flexibility index (Phi) is 6.15. The lowest BCUT2D eigenvalue weighted by molar-refractivity contribution is 0.523. The fraction of sp³-hybridized carbons (Fsp3) is 0.391. The minimum atomic E-state index is -0.319. The molecule has 3 heterocycles. The van der Waals surface area contributed by atoms with E-state index < -0.39 is 0 Å². The van der Waals surface area contributed by atoms with Gasteiger partial charge in [-0.25, -0.2) is 9.37 Å². The zero-order valence-corrected chi connectivity index (χ0v) is 19.4. The molecule has 0 amide bonds. The summed E-state index contributed by atoms with van der Waals surface area (Å²) in [7, 11) is 0. The van der Waals surface area contributed by atoms with Gasteiger partial charge in [0.1, 0.15) is 0 Å². The minimum absolute atomic E-state index is 0.0301. The second-order valence-electron chi connectivity index (χ2n) is 8.98. The Bertz CT molecular complexity index is 1080. The topological polar surface area (TPSA) is 70.1 Å². The van der Waals surface area contributed by atoms with Crippen LogP contribution in [0.4, 0.5) is 27.8 Å². The van der Waals surface area contributed by atoms with Gasteiger partial charge in [0.2, 0.25) is 17.2 Å². The van der Waals surface area contributed by atoms with E-state index in [1.807, 2.05) is 24.0 Å². The Morgan fingerprint density at radius 3 is 2.47 bits per heavy atom. The minimum Gasteiger partial charge on any atom is -0.350 e. The Labute approximate surface area is 192 Å². The first-order valence-corrected chi connectivity index (χ1v) is 11.0. The van der Waals surface area contributed by atoms with Crippen molar-refractivity contribution < 1.29 is 4.39 Å². The van der Waals surface area contributed by atoms with Crippen LogP contribution in [-0.2, 0) is 5.41 Å². The van der Waals surface area contributed by atoms with Crippen molar-refractivity contribution in [1.29, 1.82) is 0 Å². The van der Waals surface area contributed by atoms with Crippen LogP contribution < -0.4 is 15.1 Å². The molecule has 0 saturated carbocycles. The standard InChI is InChI=1S/C23H27ClFN7/c1-15-14-31(19-18(25)6-5-11-26-19)12-13-32(15)22-29-20(24)28-21(30-22)27-17-9-7-16(8-10-17)23(2,3)4/h5-11,15H,12-14H2,1-4H3,(H,27,28,29,30)/t15-/m1/s1. The van der Waals surface area contributed by atoms with Crippen molar-refractivity contribution in [2.24, 2.45) is 0 Å². The highest BCUT2D eigenvalue weighted by molar-refractivity contribution is 6.28. The normalized spacial score (nSPS) is 16.9. The van der Waals surface area contributed by atoms with Gasteiger partial charge in [-0.1, -0.05) is 32.9 Å². The number of halogens is 2. The van der Waals surface area contributed by atoms with Crippen molar-refractivity contribution in [2.45, 2.75) is 39.2 Å². The number of nitrogens with one attached hydrogen (secondary N) is 1. The average Bonchev–Trinajstić information content (AvgIpc) is 2.73. The number of aromatic nitrogens is 4. The van der Waals surface area contributed by atoms with Crippen LogP contribution >= 0.6 is 11.6 Å². The van der Waals surface area contributed by atoms with Crippen LogP contribution in [-0.4, -0.2) is 45.6 Å². The van der Waals surface area contributed by atoms with Gasteiger partial charge >= 0.3 is 0 Å². The number of rotatable bonds is 4. The second kappa shape index (κ2) is 8.86. The monoisotopic (exact) mass is 455 g/mol. The van der Waals surface area contributed by atoms with Gasteiger partial charge in [-0.3, -0.25) is 0 Å². The number of hydrogen-bond donors (Lipinski definition) is 1. The second-order valence-corrected chi connectivity index (χ2v) is 9.32. The predicted molar refractivity (Wildman–Crippen MR) is 126 cm³/mol. The van der Waals surface area contributed by atoms with Crippen molar-refractivity contribution in [3.8, 4) is 0 Å². The number of hydrogen-bond acceptors (Lipinski definition) is 7. The van der Waals surface area contributed by atoms with E-state index in [1.165, 1.54) is 11.6 Å². The van der Waals surface area contributed by atoms with E-state index in [2.05, 4.69) is 63.1 Å². The first-order chi connectivity index (χ1) is 15.2. The van der Waals surface area contributed by atoms with E-state index in [9.17, 15) is 4.39 Å². The van der Waals surface area contributed by atoms with Crippen molar-refractivity contribution in [3.63, 3.8) is 0 Å². The molecule has 0 unspecified atom stereocenters. The average molecular weight is 456 g/mol. The van der Waals surface area contributed by atoms with Gasteiger partial charge in [0, 0.05) is 37.6 Å². The Hall–Kier alpha value is -3.00. The molecule has 1 aliphatic heterocycles. The first kappa shape index (κ1) is 22.2. The van der Waals surface area contributed by atoms with Gasteiger partial charge in [0.05, 0.1) is 0 Å². The maximum absolute atomic E-state index is 14.1. The van der Waals surface area contributed by atoms with Crippen LogP contribution in [0.2, 0.25) is 5.28 Å². The van der Waals surface area contributed by atoms with Crippen molar-refractivity contribution in [3.05, 3.63) is 59.3 Å². The predicted octanol–water partition coefficient (Wildman–Crippen LogP) is 4.82. The zero-order valence-electron chi connectivity index (χ0n) is 18.7. The smallest absolute Gasteiger partial charge is 0.233 e. The molecule has 0 spiro atoms. The lowest BCUT2D eigenvalue weighted by Gasteiger charge is -2.40. The summed E-state index contributed by atoms with van der Waals surface area (Å²) in [5.41, 5.74) is 2.20. The van der Waals surface area contributed by atoms with Gasteiger partial charge in [-0.05, 0) is 53.8 Å². The maximum Gasteiger partial charge on any atom is 0.233 e. The number of piperazine rings is 1. The van der Waals surface area contributed by atoms with E-state index in [-0.39, 0.29) is 22.6 Å².